The van der Waals surface area contributed by atoms with E-state index >= 15 is 0 Å². The average Bonchev–Trinajstić information content (AvgIpc) is 2.76. The standard InChI is InChI=1S/C11H20N4OS/c1-5-15(6-2)9(16)7-17-11-12-10(8(3)4)13-14-11/h8H,5-7H2,1-4H3,(H,12,13,14). The third-order valence-corrected chi connectivity index (χ3v) is 3.30. The van der Waals surface area contributed by atoms with Crippen molar-refractivity contribution in [2.24, 2.45) is 0 Å². The Balaban J connectivity index is 2.47. The number of carbonyl (C=O) groups excluding carboxylic acids is 1. The Bertz CT molecular complexity index is 360. The van der Waals surface area contributed by atoms with Crippen LogP contribution in [0.25, 0.3) is 0 Å². The number of thioether (sulfide) groups is 1. The maximum absolute atomic E-state index is 11.8. The molecule has 0 aromatic carbocycles. The fraction of sp³-hybridized carbons (Fsp3) is 0.727. The van der Waals surface area contributed by atoms with E-state index in [1.165, 1.54) is 11.8 Å². The lowest BCUT2D eigenvalue weighted by molar-refractivity contribution is -0.127. The number of aromatic nitrogens is 3. The minimum Gasteiger partial charge on any atom is -0.343 e. The van der Waals surface area contributed by atoms with Crippen LogP contribution in [0.5, 0.6) is 0 Å². The molecule has 0 bridgehead atoms. The van der Waals surface area contributed by atoms with Crippen molar-refractivity contribution >= 4 is 17.7 Å². The van der Waals surface area contributed by atoms with E-state index in [0.29, 0.717) is 16.8 Å². The van der Waals surface area contributed by atoms with Gasteiger partial charge in [-0.3, -0.25) is 9.89 Å². The lowest BCUT2D eigenvalue weighted by Gasteiger charge is -2.17. The largest absolute Gasteiger partial charge is 0.343 e. The first-order chi connectivity index (χ1) is 8.08. The minimum absolute atomic E-state index is 0.135. The van der Waals surface area contributed by atoms with Crippen LogP contribution in [0, 0.1) is 0 Å². The molecule has 96 valence electrons. The van der Waals surface area contributed by atoms with Crippen LogP contribution in [0.2, 0.25) is 0 Å². The Morgan fingerprint density at radius 3 is 2.53 bits per heavy atom. The smallest absolute Gasteiger partial charge is 0.233 e. The van der Waals surface area contributed by atoms with Gasteiger partial charge in [0.05, 0.1) is 5.75 Å². The molecular weight excluding hydrogens is 236 g/mol. The molecule has 0 radical (unpaired) electrons. The number of H-pyrrole nitrogens is 1. The highest BCUT2D eigenvalue weighted by atomic mass is 32.2. The number of hydrogen-bond acceptors (Lipinski definition) is 4. The molecule has 1 heterocycles. The minimum atomic E-state index is 0.135. The number of hydrogen-bond donors (Lipinski definition) is 1. The van der Waals surface area contributed by atoms with Gasteiger partial charge < -0.3 is 4.90 Å². The molecule has 1 rings (SSSR count). The average molecular weight is 256 g/mol. The topological polar surface area (TPSA) is 61.9 Å². The number of rotatable bonds is 6. The van der Waals surface area contributed by atoms with Crippen molar-refractivity contribution < 1.29 is 4.79 Å². The number of aromatic amines is 1. The summed E-state index contributed by atoms with van der Waals surface area (Å²) in [5.74, 6) is 1.73. The van der Waals surface area contributed by atoms with Gasteiger partial charge in [-0.15, -0.1) is 5.10 Å². The van der Waals surface area contributed by atoms with Crippen molar-refractivity contribution in [1.29, 1.82) is 0 Å². The first-order valence-electron chi connectivity index (χ1n) is 5.91. The van der Waals surface area contributed by atoms with Crippen molar-refractivity contribution in [2.45, 2.75) is 38.8 Å². The van der Waals surface area contributed by atoms with Crippen molar-refractivity contribution in [3.05, 3.63) is 5.82 Å². The van der Waals surface area contributed by atoms with Crippen LogP contribution < -0.4 is 0 Å². The molecule has 0 spiro atoms. The van der Waals surface area contributed by atoms with Gasteiger partial charge >= 0.3 is 0 Å². The van der Waals surface area contributed by atoms with E-state index < -0.39 is 0 Å². The van der Waals surface area contributed by atoms with E-state index in [1.807, 2.05) is 18.7 Å². The van der Waals surface area contributed by atoms with E-state index in [0.717, 1.165) is 18.9 Å². The Morgan fingerprint density at radius 1 is 1.41 bits per heavy atom. The first kappa shape index (κ1) is 14.0. The van der Waals surface area contributed by atoms with Gasteiger partial charge in [-0.05, 0) is 13.8 Å². The normalized spacial score (nSPS) is 10.9. The molecule has 0 aliphatic carbocycles. The second kappa shape index (κ2) is 6.64. The summed E-state index contributed by atoms with van der Waals surface area (Å²) >= 11 is 1.38. The molecule has 0 atom stereocenters. The summed E-state index contributed by atoms with van der Waals surface area (Å²) < 4.78 is 0. The zero-order chi connectivity index (χ0) is 12.8. The van der Waals surface area contributed by atoms with Crippen LogP contribution in [-0.4, -0.2) is 44.8 Å². The molecule has 0 aliphatic rings. The van der Waals surface area contributed by atoms with Gasteiger partial charge in [0.25, 0.3) is 0 Å². The summed E-state index contributed by atoms with van der Waals surface area (Å²) in [4.78, 5) is 17.9. The summed E-state index contributed by atoms with van der Waals surface area (Å²) in [6.45, 7) is 9.57. The van der Waals surface area contributed by atoms with Crippen LogP contribution in [0.4, 0.5) is 0 Å². The van der Waals surface area contributed by atoms with E-state index in [4.69, 9.17) is 0 Å². The molecule has 1 amide bonds. The van der Waals surface area contributed by atoms with E-state index in [2.05, 4.69) is 29.0 Å². The molecule has 1 aromatic heterocycles. The van der Waals surface area contributed by atoms with Gasteiger partial charge in [0.2, 0.25) is 11.1 Å². The molecule has 0 saturated heterocycles. The number of nitrogens with zero attached hydrogens (tertiary/aromatic N) is 3. The highest BCUT2D eigenvalue weighted by molar-refractivity contribution is 7.99. The molecule has 1 aromatic rings. The van der Waals surface area contributed by atoms with E-state index in [9.17, 15) is 4.79 Å². The van der Waals surface area contributed by atoms with Crippen LogP contribution in [0.15, 0.2) is 5.16 Å². The fourth-order valence-electron chi connectivity index (χ4n) is 1.37. The van der Waals surface area contributed by atoms with Crippen molar-refractivity contribution in [1.82, 2.24) is 20.1 Å². The molecule has 0 fully saturated rings. The summed E-state index contributed by atoms with van der Waals surface area (Å²) in [6, 6.07) is 0. The van der Waals surface area contributed by atoms with E-state index in [1.54, 1.807) is 0 Å². The van der Waals surface area contributed by atoms with Gasteiger partial charge in [-0.2, -0.15) is 0 Å². The van der Waals surface area contributed by atoms with Gasteiger partial charge in [0.15, 0.2) is 0 Å². The fourth-order valence-corrected chi connectivity index (χ4v) is 2.08. The lowest BCUT2D eigenvalue weighted by Crippen LogP contribution is -2.31. The molecule has 17 heavy (non-hydrogen) atoms. The first-order valence-corrected chi connectivity index (χ1v) is 6.89. The van der Waals surface area contributed by atoms with Gasteiger partial charge in [0.1, 0.15) is 5.82 Å². The molecule has 1 N–H and O–H groups in total. The van der Waals surface area contributed by atoms with Crippen molar-refractivity contribution in [3.63, 3.8) is 0 Å². The highest BCUT2D eigenvalue weighted by Gasteiger charge is 2.12. The molecule has 0 aliphatic heterocycles. The Kier molecular flexibility index (Phi) is 5.47. The third kappa shape index (κ3) is 4.03. The number of amides is 1. The second-order valence-electron chi connectivity index (χ2n) is 4.01. The molecule has 0 unspecified atom stereocenters. The Hall–Kier alpha value is -1.04. The quantitative estimate of drug-likeness (QED) is 0.790. The highest BCUT2D eigenvalue weighted by Crippen LogP contribution is 2.16. The monoisotopic (exact) mass is 256 g/mol. The van der Waals surface area contributed by atoms with Crippen LogP contribution in [0.1, 0.15) is 39.4 Å². The Morgan fingerprint density at radius 2 is 2.06 bits per heavy atom. The molecule has 5 nitrogen and oxygen atoms in total. The summed E-state index contributed by atoms with van der Waals surface area (Å²) in [6.07, 6.45) is 0. The van der Waals surface area contributed by atoms with Crippen LogP contribution in [0.3, 0.4) is 0 Å². The summed E-state index contributed by atoms with van der Waals surface area (Å²) in [7, 11) is 0. The summed E-state index contributed by atoms with van der Waals surface area (Å²) in [5, 5.41) is 7.60. The van der Waals surface area contributed by atoms with E-state index in [-0.39, 0.29) is 5.91 Å². The predicted octanol–water partition coefficient (Wildman–Crippen LogP) is 1.89. The zero-order valence-electron chi connectivity index (χ0n) is 10.9. The zero-order valence-corrected chi connectivity index (χ0v) is 11.7. The second-order valence-corrected chi connectivity index (χ2v) is 4.96. The van der Waals surface area contributed by atoms with Gasteiger partial charge in [-0.1, -0.05) is 25.6 Å². The SMILES string of the molecule is CCN(CC)C(=O)CSc1n[nH]c(C(C)C)n1. The molecule has 0 saturated carbocycles. The maximum atomic E-state index is 11.8. The van der Waals surface area contributed by atoms with Gasteiger partial charge in [0, 0.05) is 19.0 Å². The van der Waals surface area contributed by atoms with Crippen LogP contribution >= 0.6 is 11.8 Å². The van der Waals surface area contributed by atoms with Crippen LogP contribution in [-0.2, 0) is 4.79 Å². The predicted molar refractivity (Wildman–Crippen MR) is 69.1 cm³/mol. The van der Waals surface area contributed by atoms with Crippen molar-refractivity contribution in [2.75, 3.05) is 18.8 Å². The Labute approximate surface area is 106 Å². The molecule has 6 heteroatoms. The number of nitrogens with one attached hydrogen (secondary N) is 1. The van der Waals surface area contributed by atoms with Gasteiger partial charge in [-0.25, -0.2) is 4.98 Å². The molecular formula is C11H20N4OS. The summed E-state index contributed by atoms with van der Waals surface area (Å²) in [5.41, 5.74) is 0. The third-order valence-electron chi connectivity index (χ3n) is 2.47. The number of carbonyl (C=O) groups is 1. The van der Waals surface area contributed by atoms with Crippen molar-refractivity contribution in [3.8, 4) is 0 Å². The maximum Gasteiger partial charge on any atom is 0.233 e. The lowest BCUT2D eigenvalue weighted by atomic mass is 10.2.